The molecule has 0 aromatic carbocycles. The van der Waals surface area contributed by atoms with E-state index in [1.807, 2.05) is 0 Å². The van der Waals surface area contributed by atoms with E-state index >= 15 is 0 Å². The lowest BCUT2D eigenvalue weighted by atomic mass is 9.95. The summed E-state index contributed by atoms with van der Waals surface area (Å²) < 4.78 is 28.2. The molecule has 184 valence electrons. The largest absolute Gasteiger partial charge is 0.463 e. The molecule has 0 N–H and O–H groups in total. The first-order chi connectivity index (χ1) is 16.0. The summed E-state index contributed by atoms with van der Waals surface area (Å²) in [5, 5.41) is 10.5. The highest BCUT2D eigenvalue weighted by molar-refractivity contribution is 7.13. The molecule has 15 heteroatoms. The van der Waals surface area contributed by atoms with Gasteiger partial charge in [-0.05, 0) is 0 Å². The molecule has 0 spiro atoms. The highest BCUT2D eigenvalue weighted by Crippen LogP contribution is 2.36. The molecule has 1 aliphatic rings. The van der Waals surface area contributed by atoms with Gasteiger partial charge in [0, 0.05) is 33.1 Å². The number of carbonyl (C=O) groups excluding carboxylic acids is 4. The fourth-order valence-electron chi connectivity index (χ4n) is 3.33. The number of hydrogen-bond acceptors (Lipinski definition) is 13. The van der Waals surface area contributed by atoms with Gasteiger partial charge < -0.3 is 23.7 Å². The molecule has 3 unspecified atom stereocenters. The zero-order chi connectivity index (χ0) is 25.0. The van der Waals surface area contributed by atoms with Crippen LogP contribution in [0.4, 0.5) is 0 Å². The number of esters is 4. The predicted octanol–water partition coefficient (Wildman–Crippen LogP) is 1.31. The summed E-state index contributed by atoms with van der Waals surface area (Å²) in [6.07, 6.45) is -3.53. The minimum Gasteiger partial charge on any atom is -0.463 e. The Balaban J connectivity index is 2.08. The average Bonchev–Trinajstić information content (AvgIpc) is 3.36. The molecule has 1 aliphatic heterocycles. The number of nitrogens with zero attached hydrogens (tertiary/aromatic N) is 4. The molecule has 2 aromatic rings. The van der Waals surface area contributed by atoms with Gasteiger partial charge in [-0.25, -0.2) is 9.67 Å². The number of rotatable bonds is 7. The van der Waals surface area contributed by atoms with Crippen LogP contribution in [0.15, 0.2) is 11.6 Å². The van der Waals surface area contributed by atoms with Crippen molar-refractivity contribution < 1.29 is 42.9 Å². The number of ether oxygens (including phenoxy) is 5. The third-order valence-corrected chi connectivity index (χ3v) is 5.65. The summed E-state index contributed by atoms with van der Waals surface area (Å²) in [7, 11) is 0. The van der Waals surface area contributed by atoms with Crippen LogP contribution in [0.1, 0.15) is 33.7 Å². The van der Waals surface area contributed by atoms with E-state index in [9.17, 15) is 19.2 Å². The highest BCUT2D eigenvalue weighted by atomic mass is 35.5. The zero-order valence-corrected chi connectivity index (χ0v) is 20.1. The Kier molecular flexibility index (Phi) is 8.17. The Labute approximate surface area is 202 Å². The minimum atomic E-state index is -1.43. The summed E-state index contributed by atoms with van der Waals surface area (Å²) in [5.41, 5.74) is 0.340. The second-order valence-corrected chi connectivity index (χ2v) is 8.40. The third kappa shape index (κ3) is 6.27. The summed E-state index contributed by atoms with van der Waals surface area (Å²) in [4.78, 5) is 51.1. The van der Waals surface area contributed by atoms with Crippen molar-refractivity contribution in [3.05, 3.63) is 16.7 Å². The Hall–Kier alpha value is -3.10. The van der Waals surface area contributed by atoms with Crippen LogP contribution >= 0.6 is 22.9 Å². The molecule has 3 rings (SSSR count). The maximum Gasteiger partial charge on any atom is 0.305 e. The molecule has 2 aromatic heterocycles. The molecule has 34 heavy (non-hydrogen) atoms. The van der Waals surface area contributed by atoms with Crippen LogP contribution in [0.5, 0.6) is 0 Å². The number of halogens is 1. The Morgan fingerprint density at radius 2 is 1.68 bits per heavy atom. The van der Waals surface area contributed by atoms with Gasteiger partial charge >= 0.3 is 23.9 Å². The molecular formula is C19H21ClN4O9S. The minimum absolute atomic E-state index is 0.271. The van der Waals surface area contributed by atoms with E-state index in [4.69, 9.17) is 35.3 Å². The summed E-state index contributed by atoms with van der Waals surface area (Å²) >= 11 is 7.12. The topological polar surface area (TPSA) is 158 Å². The van der Waals surface area contributed by atoms with E-state index in [2.05, 4.69) is 15.3 Å². The van der Waals surface area contributed by atoms with Gasteiger partial charge in [0.2, 0.25) is 6.29 Å². The monoisotopic (exact) mass is 516 g/mol. The van der Waals surface area contributed by atoms with E-state index in [1.54, 1.807) is 5.38 Å². The van der Waals surface area contributed by atoms with E-state index in [-0.39, 0.29) is 11.8 Å². The van der Waals surface area contributed by atoms with Gasteiger partial charge in [-0.2, -0.15) is 0 Å². The van der Waals surface area contributed by atoms with Gasteiger partial charge in [0.1, 0.15) is 34.6 Å². The van der Waals surface area contributed by atoms with Gasteiger partial charge in [-0.15, -0.1) is 16.4 Å². The van der Waals surface area contributed by atoms with Gasteiger partial charge in [0.25, 0.3) is 0 Å². The molecule has 3 heterocycles. The van der Waals surface area contributed by atoms with E-state index < -0.39 is 54.5 Å². The number of carbonyl (C=O) groups is 4. The van der Waals surface area contributed by atoms with Crippen molar-refractivity contribution >= 4 is 46.8 Å². The van der Waals surface area contributed by atoms with Crippen molar-refractivity contribution in [3.63, 3.8) is 0 Å². The molecule has 0 bridgehead atoms. The lowest BCUT2D eigenvalue weighted by molar-refractivity contribution is -0.285. The first-order valence-corrected chi connectivity index (χ1v) is 11.1. The van der Waals surface area contributed by atoms with Crippen LogP contribution in [-0.2, 0) is 42.9 Å². The maximum absolute atomic E-state index is 11.9. The standard InChI is InChI=1S/C19H21ClN4O9S/c1-8(25)29-6-13-16(30-9(2)26)15(17(31-10(3)27)19(33-13)32-11(4)28)24-5-12(22-23-24)18-21-14(20)7-34-18/h5,7,13,15-17,19H,6H2,1-4H3/t13?,15?,16-,17?,19+/m0/s1. The molecule has 5 atom stereocenters. The average molecular weight is 517 g/mol. The van der Waals surface area contributed by atoms with Crippen LogP contribution in [0.2, 0.25) is 5.15 Å². The maximum atomic E-state index is 11.9. The van der Waals surface area contributed by atoms with Crippen molar-refractivity contribution in [2.75, 3.05) is 6.61 Å². The van der Waals surface area contributed by atoms with E-state index in [0.29, 0.717) is 10.7 Å². The lowest BCUT2D eigenvalue weighted by Gasteiger charge is -2.44. The van der Waals surface area contributed by atoms with Gasteiger partial charge in [0.05, 0.1) is 6.20 Å². The van der Waals surface area contributed by atoms with Crippen LogP contribution in [-0.4, -0.2) is 75.1 Å². The SMILES string of the molecule is CC(=O)OCC1O[C@@H](OC(C)=O)C(OC(C)=O)C(n2cc(-c3nc(Cl)cs3)nn2)[C@H]1OC(C)=O. The van der Waals surface area contributed by atoms with Gasteiger partial charge in [0.15, 0.2) is 12.2 Å². The highest BCUT2D eigenvalue weighted by Gasteiger charge is 2.53. The smallest absolute Gasteiger partial charge is 0.305 e. The molecule has 0 saturated carbocycles. The predicted molar refractivity (Wildman–Crippen MR) is 113 cm³/mol. The normalized spacial score (nSPS) is 24.2. The van der Waals surface area contributed by atoms with E-state index in [0.717, 1.165) is 13.8 Å². The van der Waals surface area contributed by atoms with Crippen molar-refractivity contribution in [2.45, 2.75) is 58.3 Å². The van der Waals surface area contributed by atoms with Crippen LogP contribution in [0.3, 0.4) is 0 Å². The molecule has 1 saturated heterocycles. The third-order valence-electron chi connectivity index (χ3n) is 4.46. The van der Waals surface area contributed by atoms with E-state index in [1.165, 1.54) is 36.1 Å². The van der Waals surface area contributed by atoms with Crippen LogP contribution in [0, 0.1) is 0 Å². The molecule has 1 fully saturated rings. The van der Waals surface area contributed by atoms with Crippen molar-refractivity contribution in [1.82, 2.24) is 20.0 Å². The molecular weight excluding hydrogens is 496 g/mol. The Morgan fingerprint density at radius 3 is 2.24 bits per heavy atom. The molecule has 0 radical (unpaired) electrons. The Morgan fingerprint density at radius 1 is 1.03 bits per heavy atom. The van der Waals surface area contributed by atoms with Crippen LogP contribution < -0.4 is 0 Å². The summed E-state index contributed by atoms with van der Waals surface area (Å²) in [5.74, 6) is -2.75. The molecule has 13 nitrogen and oxygen atoms in total. The van der Waals surface area contributed by atoms with Crippen molar-refractivity contribution in [2.24, 2.45) is 0 Å². The van der Waals surface area contributed by atoms with Crippen molar-refractivity contribution in [3.8, 4) is 10.7 Å². The summed E-state index contributed by atoms with van der Waals surface area (Å²) in [6.45, 7) is 4.30. The number of thiazole rings is 1. The Bertz CT molecular complexity index is 1070. The lowest BCUT2D eigenvalue weighted by Crippen LogP contribution is -2.59. The first-order valence-electron chi connectivity index (χ1n) is 9.89. The van der Waals surface area contributed by atoms with Crippen molar-refractivity contribution in [1.29, 1.82) is 0 Å². The quantitative estimate of drug-likeness (QED) is 0.384. The fraction of sp³-hybridized carbons (Fsp3) is 0.526. The fourth-order valence-corrected chi connectivity index (χ4v) is 4.23. The summed E-state index contributed by atoms with van der Waals surface area (Å²) in [6, 6.07) is -1.08. The molecule has 0 amide bonds. The van der Waals surface area contributed by atoms with Crippen LogP contribution in [0.25, 0.3) is 10.7 Å². The van der Waals surface area contributed by atoms with Gasteiger partial charge in [-0.1, -0.05) is 16.8 Å². The van der Waals surface area contributed by atoms with Gasteiger partial charge in [-0.3, -0.25) is 19.2 Å². The first kappa shape index (κ1) is 25.5. The zero-order valence-electron chi connectivity index (χ0n) is 18.5. The second kappa shape index (κ2) is 10.9. The number of hydrogen-bond donors (Lipinski definition) is 0. The molecule has 0 aliphatic carbocycles. The number of aromatic nitrogens is 4. The second-order valence-electron chi connectivity index (χ2n) is 7.15.